The summed E-state index contributed by atoms with van der Waals surface area (Å²) in [4.78, 5) is 7.13. The Kier molecular flexibility index (Phi) is 5.95. The molecule has 1 aliphatic heterocycles. The normalized spacial score (nSPS) is 24.9. The Labute approximate surface area is 117 Å². The molecule has 0 amide bonds. The van der Waals surface area contributed by atoms with Gasteiger partial charge in [0.15, 0.2) is 5.96 Å². The fourth-order valence-electron chi connectivity index (χ4n) is 2.83. The van der Waals surface area contributed by atoms with Crippen LogP contribution in [-0.2, 0) is 0 Å². The number of guanidine groups is 1. The van der Waals surface area contributed by atoms with E-state index in [1.165, 1.54) is 58.0 Å². The number of rotatable bonds is 8. The van der Waals surface area contributed by atoms with Crippen LogP contribution in [0.15, 0.2) is 4.99 Å². The predicted molar refractivity (Wildman–Crippen MR) is 81.3 cm³/mol. The quantitative estimate of drug-likeness (QED) is 0.401. The fourth-order valence-corrected chi connectivity index (χ4v) is 2.83. The zero-order valence-corrected chi connectivity index (χ0v) is 12.4. The van der Waals surface area contributed by atoms with Crippen molar-refractivity contribution < 1.29 is 0 Å². The first-order chi connectivity index (χ1) is 9.29. The van der Waals surface area contributed by atoms with Gasteiger partial charge in [0.25, 0.3) is 0 Å². The van der Waals surface area contributed by atoms with E-state index in [-0.39, 0.29) is 0 Å². The van der Waals surface area contributed by atoms with Crippen LogP contribution in [0.25, 0.3) is 0 Å². The molecule has 3 N–H and O–H groups in total. The minimum atomic E-state index is 0.640. The van der Waals surface area contributed by atoms with Gasteiger partial charge in [-0.05, 0) is 38.1 Å². The Balaban J connectivity index is 1.54. The maximum atomic E-state index is 5.90. The van der Waals surface area contributed by atoms with E-state index in [0.29, 0.717) is 5.96 Å². The molecule has 1 atom stereocenters. The van der Waals surface area contributed by atoms with Crippen LogP contribution in [0.1, 0.15) is 51.9 Å². The van der Waals surface area contributed by atoms with E-state index in [1.807, 2.05) is 0 Å². The zero-order valence-electron chi connectivity index (χ0n) is 12.4. The van der Waals surface area contributed by atoms with Crippen LogP contribution in [-0.4, -0.2) is 43.1 Å². The number of likely N-dealkylation sites (tertiary alicyclic amines) is 1. The highest BCUT2D eigenvalue weighted by atomic mass is 15.2. The summed E-state index contributed by atoms with van der Waals surface area (Å²) < 4.78 is 0. The van der Waals surface area contributed by atoms with Gasteiger partial charge in [-0.1, -0.05) is 26.2 Å². The minimum Gasteiger partial charge on any atom is -0.370 e. The van der Waals surface area contributed by atoms with Gasteiger partial charge in [-0.25, -0.2) is 0 Å². The summed E-state index contributed by atoms with van der Waals surface area (Å²) >= 11 is 0. The molecular weight excluding hydrogens is 236 g/mol. The second-order valence-electron chi connectivity index (χ2n) is 6.09. The second kappa shape index (κ2) is 7.73. The summed E-state index contributed by atoms with van der Waals surface area (Å²) in [5.74, 6) is 1.36. The third-order valence-corrected chi connectivity index (χ3v) is 4.24. The summed E-state index contributed by atoms with van der Waals surface area (Å²) in [5.41, 5.74) is 5.90. The summed E-state index contributed by atoms with van der Waals surface area (Å²) in [7, 11) is 0. The van der Waals surface area contributed by atoms with Gasteiger partial charge in [0, 0.05) is 25.7 Å². The van der Waals surface area contributed by atoms with Crippen molar-refractivity contribution in [3.8, 4) is 0 Å². The SMILES string of the molecule is CCCCCCNC(N)=NCC1CCN(C2CC2)C1. The lowest BCUT2D eigenvalue weighted by Crippen LogP contribution is -2.33. The maximum absolute atomic E-state index is 5.90. The molecule has 0 radical (unpaired) electrons. The average Bonchev–Trinajstić information content (AvgIpc) is 3.15. The van der Waals surface area contributed by atoms with Gasteiger partial charge in [-0.3, -0.25) is 4.99 Å². The van der Waals surface area contributed by atoms with Crippen LogP contribution in [0.2, 0.25) is 0 Å². The van der Waals surface area contributed by atoms with E-state index in [9.17, 15) is 0 Å². The Morgan fingerprint density at radius 3 is 2.84 bits per heavy atom. The molecule has 1 saturated carbocycles. The van der Waals surface area contributed by atoms with Crippen molar-refractivity contribution in [1.29, 1.82) is 0 Å². The maximum Gasteiger partial charge on any atom is 0.188 e. The van der Waals surface area contributed by atoms with Crippen LogP contribution >= 0.6 is 0 Å². The summed E-state index contributed by atoms with van der Waals surface area (Å²) in [6.45, 7) is 6.61. The molecule has 2 fully saturated rings. The van der Waals surface area contributed by atoms with Crippen LogP contribution < -0.4 is 11.1 Å². The van der Waals surface area contributed by atoms with E-state index >= 15 is 0 Å². The van der Waals surface area contributed by atoms with Gasteiger partial charge in [-0.15, -0.1) is 0 Å². The molecule has 0 bridgehead atoms. The van der Waals surface area contributed by atoms with E-state index in [0.717, 1.165) is 25.0 Å². The van der Waals surface area contributed by atoms with Gasteiger partial charge in [0.05, 0.1) is 0 Å². The highest BCUT2D eigenvalue weighted by molar-refractivity contribution is 5.77. The van der Waals surface area contributed by atoms with Crippen LogP contribution in [0.4, 0.5) is 0 Å². The standard InChI is InChI=1S/C15H30N4/c1-2-3-4-5-9-17-15(16)18-11-13-8-10-19(12-13)14-6-7-14/h13-14H,2-12H2,1H3,(H3,16,17,18). The number of aliphatic imine (C=N–C) groups is 1. The molecule has 19 heavy (non-hydrogen) atoms. The van der Waals surface area contributed by atoms with Crippen molar-refractivity contribution in [1.82, 2.24) is 10.2 Å². The van der Waals surface area contributed by atoms with E-state index in [2.05, 4.69) is 22.1 Å². The van der Waals surface area contributed by atoms with Crippen LogP contribution in [0.5, 0.6) is 0 Å². The number of nitrogens with one attached hydrogen (secondary N) is 1. The summed E-state index contributed by atoms with van der Waals surface area (Å²) in [5, 5.41) is 3.23. The van der Waals surface area contributed by atoms with E-state index in [4.69, 9.17) is 5.73 Å². The molecule has 4 nitrogen and oxygen atoms in total. The number of hydrogen-bond donors (Lipinski definition) is 2. The third kappa shape index (κ3) is 5.39. The largest absolute Gasteiger partial charge is 0.370 e. The number of hydrogen-bond acceptors (Lipinski definition) is 2. The van der Waals surface area contributed by atoms with Crippen molar-refractivity contribution in [3.63, 3.8) is 0 Å². The second-order valence-corrected chi connectivity index (χ2v) is 6.09. The van der Waals surface area contributed by atoms with Crippen molar-refractivity contribution in [2.24, 2.45) is 16.6 Å². The molecule has 0 aromatic heterocycles. The lowest BCUT2D eigenvalue weighted by atomic mass is 10.1. The smallest absolute Gasteiger partial charge is 0.188 e. The first-order valence-corrected chi connectivity index (χ1v) is 8.07. The number of unbranched alkanes of at least 4 members (excludes halogenated alkanes) is 3. The molecule has 4 heteroatoms. The van der Waals surface area contributed by atoms with Gasteiger partial charge < -0.3 is 16.0 Å². The highest BCUT2D eigenvalue weighted by Gasteiger charge is 2.34. The fraction of sp³-hybridized carbons (Fsp3) is 0.933. The Morgan fingerprint density at radius 1 is 1.26 bits per heavy atom. The molecule has 0 aromatic rings. The van der Waals surface area contributed by atoms with Crippen molar-refractivity contribution >= 4 is 5.96 Å². The van der Waals surface area contributed by atoms with Crippen molar-refractivity contribution in [2.75, 3.05) is 26.2 Å². The Bertz CT molecular complexity index is 286. The van der Waals surface area contributed by atoms with Gasteiger partial charge >= 0.3 is 0 Å². The first-order valence-electron chi connectivity index (χ1n) is 8.07. The summed E-state index contributed by atoms with van der Waals surface area (Å²) in [6.07, 6.45) is 9.21. The molecule has 2 rings (SSSR count). The lowest BCUT2D eigenvalue weighted by Gasteiger charge is -2.13. The van der Waals surface area contributed by atoms with Crippen LogP contribution in [0, 0.1) is 5.92 Å². The first kappa shape index (κ1) is 14.6. The topological polar surface area (TPSA) is 53.6 Å². The molecule has 1 saturated heterocycles. The highest BCUT2D eigenvalue weighted by Crippen LogP contribution is 2.31. The molecule has 1 heterocycles. The Morgan fingerprint density at radius 2 is 2.11 bits per heavy atom. The number of nitrogens with zero attached hydrogens (tertiary/aromatic N) is 2. The van der Waals surface area contributed by atoms with Crippen LogP contribution in [0.3, 0.4) is 0 Å². The monoisotopic (exact) mass is 266 g/mol. The number of nitrogens with two attached hydrogens (primary N) is 1. The summed E-state index contributed by atoms with van der Waals surface area (Å²) in [6, 6.07) is 0.906. The molecule has 110 valence electrons. The molecule has 1 unspecified atom stereocenters. The molecular formula is C15H30N4. The molecule has 0 spiro atoms. The van der Waals surface area contributed by atoms with Gasteiger partial charge in [0.2, 0.25) is 0 Å². The molecule has 2 aliphatic rings. The van der Waals surface area contributed by atoms with Gasteiger partial charge in [-0.2, -0.15) is 0 Å². The predicted octanol–water partition coefficient (Wildman–Crippen LogP) is 1.96. The van der Waals surface area contributed by atoms with Crippen molar-refractivity contribution in [3.05, 3.63) is 0 Å². The minimum absolute atomic E-state index is 0.640. The lowest BCUT2D eigenvalue weighted by molar-refractivity contribution is 0.315. The average molecular weight is 266 g/mol. The van der Waals surface area contributed by atoms with E-state index < -0.39 is 0 Å². The third-order valence-electron chi connectivity index (χ3n) is 4.24. The van der Waals surface area contributed by atoms with Crippen molar-refractivity contribution in [2.45, 2.75) is 57.9 Å². The molecule has 0 aromatic carbocycles. The van der Waals surface area contributed by atoms with E-state index in [1.54, 1.807) is 0 Å². The zero-order chi connectivity index (χ0) is 13.5. The van der Waals surface area contributed by atoms with Gasteiger partial charge in [0.1, 0.15) is 0 Å². The molecule has 1 aliphatic carbocycles. The Hall–Kier alpha value is -0.770.